The molecule has 1 aromatic carbocycles. The first-order valence-electron chi connectivity index (χ1n) is 5.71. The highest BCUT2D eigenvalue weighted by molar-refractivity contribution is 7.90. The maximum Gasteiger partial charge on any atom is 0.149 e. The van der Waals surface area contributed by atoms with Crippen LogP contribution in [-0.4, -0.2) is 37.1 Å². The molecule has 2 rings (SSSR count). The van der Waals surface area contributed by atoms with Crippen LogP contribution in [0.15, 0.2) is 18.2 Å². The second-order valence-corrected chi connectivity index (χ2v) is 6.82. The van der Waals surface area contributed by atoms with E-state index in [0.717, 1.165) is 11.0 Å². The molecule has 0 amide bonds. The second kappa shape index (κ2) is 5.38. The zero-order valence-electron chi connectivity index (χ0n) is 10.8. The van der Waals surface area contributed by atoms with Crippen molar-refractivity contribution in [2.45, 2.75) is 12.4 Å². The molecule has 0 saturated carbocycles. The van der Waals surface area contributed by atoms with Gasteiger partial charge < -0.3 is 9.30 Å². The fraction of sp³-hybridized carbons (Fsp3) is 0.417. The minimum atomic E-state index is -3.02. The first kappa shape index (κ1) is 14.1. The molecule has 1 heterocycles. The van der Waals surface area contributed by atoms with E-state index in [0.29, 0.717) is 18.1 Å². The average molecular weight is 303 g/mol. The van der Waals surface area contributed by atoms with Crippen molar-refractivity contribution in [2.75, 3.05) is 19.1 Å². The van der Waals surface area contributed by atoms with E-state index in [4.69, 9.17) is 16.3 Å². The van der Waals surface area contributed by atoms with Crippen molar-refractivity contribution in [1.29, 1.82) is 0 Å². The standard InChI is InChI=1S/C12H15ClN2O3S/c1-18-9-3-4-11-10(7-9)14-12(8-13)15(11)5-6-19(2,16)17/h3-4,7H,5-6,8H2,1-2H3. The van der Waals surface area contributed by atoms with Gasteiger partial charge in [0.15, 0.2) is 0 Å². The van der Waals surface area contributed by atoms with Crippen molar-refractivity contribution < 1.29 is 13.2 Å². The molecule has 0 N–H and O–H groups in total. The molecule has 0 aliphatic carbocycles. The largest absolute Gasteiger partial charge is 0.497 e. The van der Waals surface area contributed by atoms with E-state index < -0.39 is 9.84 Å². The summed E-state index contributed by atoms with van der Waals surface area (Å²) < 4.78 is 29.5. The Kier molecular flexibility index (Phi) is 4.01. The van der Waals surface area contributed by atoms with Crippen LogP contribution in [0.4, 0.5) is 0 Å². The van der Waals surface area contributed by atoms with Crippen molar-refractivity contribution in [2.24, 2.45) is 0 Å². The van der Waals surface area contributed by atoms with Gasteiger partial charge in [-0.25, -0.2) is 13.4 Å². The molecule has 2 aromatic rings. The van der Waals surface area contributed by atoms with Gasteiger partial charge in [-0.1, -0.05) is 0 Å². The Hall–Kier alpha value is -1.27. The first-order valence-corrected chi connectivity index (χ1v) is 8.31. The fourth-order valence-corrected chi connectivity index (χ4v) is 2.61. The zero-order valence-corrected chi connectivity index (χ0v) is 12.3. The van der Waals surface area contributed by atoms with E-state index >= 15 is 0 Å². The number of fused-ring (bicyclic) bond motifs is 1. The Labute approximate surface area is 117 Å². The summed E-state index contributed by atoms with van der Waals surface area (Å²) in [6.45, 7) is 0.351. The van der Waals surface area contributed by atoms with E-state index in [1.807, 2.05) is 22.8 Å². The highest BCUT2D eigenvalue weighted by Gasteiger charge is 2.12. The molecular formula is C12H15ClN2O3S. The smallest absolute Gasteiger partial charge is 0.149 e. The Morgan fingerprint density at radius 1 is 1.42 bits per heavy atom. The molecule has 0 unspecified atom stereocenters. The Morgan fingerprint density at radius 2 is 2.16 bits per heavy atom. The number of nitrogens with zero attached hydrogens (tertiary/aromatic N) is 2. The molecule has 0 fully saturated rings. The molecule has 7 heteroatoms. The molecule has 0 saturated heterocycles. The van der Waals surface area contributed by atoms with Crippen LogP contribution in [0.3, 0.4) is 0 Å². The van der Waals surface area contributed by atoms with Crippen LogP contribution in [0.25, 0.3) is 11.0 Å². The number of imidazole rings is 1. The summed E-state index contributed by atoms with van der Waals surface area (Å²) >= 11 is 5.86. The average Bonchev–Trinajstić information content (AvgIpc) is 2.72. The zero-order chi connectivity index (χ0) is 14.0. The number of rotatable bonds is 5. The molecule has 1 aromatic heterocycles. The van der Waals surface area contributed by atoms with Gasteiger partial charge in [0.1, 0.15) is 21.4 Å². The summed E-state index contributed by atoms with van der Waals surface area (Å²) in [5, 5.41) is 0. The molecule has 104 valence electrons. The van der Waals surface area contributed by atoms with Crippen molar-refractivity contribution in [3.63, 3.8) is 0 Å². The molecular weight excluding hydrogens is 288 g/mol. The van der Waals surface area contributed by atoms with Crippen LogP contribution in [0.1, 0.15) is 5.82 Å². The third kappa shape index (κ3) is 3.19. The van der Waals surface area contributed by atoms with Crippen LogP contribution in [0, 0.1) is 0 Å². The van der Waals surface area contributed by atoms with Gasteiger partial charge in [0.2, 0.25) is 0 Å². The van der Waals surface area contributed by atoms with E-state index in [1.54, 1.807) is 7.11 Å². The number of aryl methyl sites for hydroxylation is 1. The molecule has 0 radical (unpaired) electrons. The number of methoxy groups -OCH3 is 1. The lowest BCUT2D eigenvalue weighted by Gasteiger charge is -2.07. The summed E-state index contributed by atoms with van der Waals surface area (Å²) in [5.74, 6) is 1.67. The van der Waals surface area contributed by atoms with E-state index in [-0.39, 0.29) is 11.6 Å². The topological polar surface area (TPSA) is 61.2 Å². The second-order valence-electron chi connectivity index (χ2n) is 4.30. The number of alkyl halides is 1. The van der Waals surface area contributed by atoms with E-state index in [1.165, 1.54) is 6.26 Å². The van der Waals surface area contributed by atoms with Crippen molar-refractivity contribution in [3.05, 3.63) is 24.0 Å². The summed E-state index contributed by atoms with van der Waals surface area (Å²) in [6.07, 6.45) is 1.22. The summed E-state index contributed by atoms with van der Waals surface area (Å²) in [5.41, 5.74) is 1.61. The Bertz CT molecular complexity index is 694. The third-order valence-electron chi connectivity index (χ3n) is 2.84. The van der Waals surface area contributed by atoms with Gasteiger partial charge in [0.25, 0.3) is 0 Å². The van der Waals surface area contributed by atoms with Gasteiger partial charge in [0.05, 0.1) is 29.8 Å². The fourth-order valence-electron chi connectivity index (χ4n) is 1.90. The Morgan fingerprint density at radius 3 is 2.74 bits per heavy atom. The maximum atomic E-state index is 11.3. The van der Waals surface area contributed by atoms with E-state index in [2.05, 4.69) is 4.98 Å². The van der Waals surface area contributed by atoms with Crippen molar-refractivity contribution in [1.82, 2.24) is 9.55 Å². The monoisotopic (exact) mass is 302 g/mol. The van der Waals surface area contributed by atoms with Gasteiger partial charge in [-0.3, -0.25) is 0 Å². The third-order valence-corrected chi connectivity index (χ3v) is 4.00. The number of aromatic nitrogens is 2. The lowest BCUT2D eigenvalue weighted by Crippen LogP contribution is -2.12. The lowest BCUT2D eigenvalue weighted by atomic mass is 10.3. The normalized spacial score (nSPS) is 11.9. The van der Waals surface area contributed by atoms with Gasteiger partial charge in [-0.05, 0) is 12.1 Å². The number of ether oxygens (including phenoxy) is 1. The molecule has 0 atom stereocenters. The van der Waals surface area contributed by atoms with Crippen LogP contribution < -0.4 is 4.74 Å². The molecule has 19 heavy (non-hydrogen) atoms. The molecule has 0 aliphatic heterocycles. The highest BCUT2D eigenvalue weighted by Crippen LogP contribution is 2.22. The molecule has 0 spiro atoms. The SMILES string of the molecule is COc1ccc2c(c1)nc(CCl)n2CCS(C)(=O)=O. The summed E-state index contributed by atoms with van der Waals surface area (Å²) in [6, 6.07) is 5.49. The molecule has 0 bridgehead atoms. The predicted molar refractivity (Wildman–Crippen MR) is 75.6 cm³/mol. The highest BCUT2D eigenvalue weighted by atomic mass is 35.5. The van der Waals surface area contributed by atoms with Gasteiger partial charge in [-0.2, -0.15) is 0 Å². The predicted octanol–water partition coefficient (Wildman–Crippen LogP) is 1.83. The summed E-state index contributed by atoms with van der Waals surface area (Å²) in [4.78, 5) is 4.40. The maximum absolute atomic E-state index is 11.3. The minimum Gasteiger partial charge on any atom is -0.497 e. The quantitative estimate of drug-likeness (QED) is 0.791. The minimum absolute atomic E-state index is 0.0639. The number of benzene rings is 1. The summed E-state index contributed by atoms with van der Waals surface area (Å²) in [7, 11) is -1.44. The molecule has 5 nitrogen and oxygen atoms in total. The number of hydrogen-bond acceptors (Lipinski definition) is 4. The lowest BCUT2D eigenvalue weighted by molar-refractivity contribution is 0.415. The van der Waals surface area contributed by atoms with Crippen molar-refractivity contribution in [3.8, 4) is 5.75 Å². The number of sulfone groups is 1. The van der Waals surface area contributed by atoms with Crippen LogP contribution in [0.2, 0.25) is 0 Å². The first-order chi connectivity index (χ1) is 8.94. The van der Waals surface area contributed by atoms with E-state index in [9.17, 15) is 8.42 Å². The number of halogens is 1. The van der Waals surface area contributed by atoms with Crippen LogP contribution >= 0.6 is 11.6 Å². The van der Waals surface area contributed by atoms with Gasteiger partial charge >= 0.3 is 0 Å². The van der Waals surface area contributed by atoms with Crippen molar-refractivity contribution >= 4 is 32.5 Å². The Balaban J connectivity index is 2.46. The number of hydrogen-bond donors (Lipinski definition) is 0. The van der Waals surface area contributed by atoms with Gasteiger partial charge in [-0.15, -0.1) is 11.6 Å². The van der Waals surface area contributed by atoms with Crippen LogP contribution in [0.5, 0.6) is 5.75 Å². The molecule has 0 aliphatic rings. The van der Waals surface area contributed by atoms with Crippen LogP contribution in [-0.2, 0) is 22.3 Å². The van der Waals surface area contributed by atoms with Gasteiger partial charge in [0, 0.05) is 18.9 Å².